The summed E-state index contributed by atoms with van der Waals surface area (Å²) in [6.45, 7) is 3.56. The van der Waals surface area contributed by atoms with Gasteiger partial charge in [0, 0.05) is 25.3 Å². The van der Waals surface area contributed by atoms with Gasteiger partial charge in [0.1, 0.15) is 0 Å². The van der Waals surface area contributed by atoms with E-state index in [-0.39, 0.29) is 17.7 Å². The fourth-order valence-corrected chi connectivity index (χ4v) is 3.41. The molecule has 0 saturated carbocycles. The van der Waals surface area contributed by atoms with E-state index < -0.39 is 11.9 Å². The molecule has 3 rings (SSSR count). The predicted molar refractivity (Wildman–Crippen MR) is 79.2 cm³/mol. The van der Waals surface area contributed by atoms with Gasteiger partial charge in [-0.2, -0.15) is 0 Å². The van der Waals surface area contributed by atoms with Gasteiger partial charge in [-0.3, -0.25) is 9.59 Å². The number of likely N-dealkylation sites (tertiary alicyclic amines) is 1. The molecule has 1 aromatic carbocycles. The highest BCUT2D eigenvalue weighted by Gasteiger charge is 2.39. The Bertz CT molecular complexity index is 572. The van der Waals surface area contributed by atoms with Gasteiger partial charge in [-0.05, 0) is 24.0 Å². The van der Waals surface area contributed by atoms with E-state index >= 15 is 0 Å². The van der Waals surface area contributed by atoms with Crippen molar-refractivity contribution in [2.75, 3.05) is 25.0 Å². The number of para-hydroxylation sites is 1. The topological polar surface area (TPSA) is 69.6 Å². The summed E-state index contributed by atoms with van der Waals surface area (Å²) in [4.78, 5) is 25.7. The van der Waals surface area contributed by atoms with Gasteiger partial charge < -0.3 is 15.3 Å². The molecule has 0 spiro atoms. The Kier molecular flexibility index (Phi) is 3.57. The second-order valence-electron chi connectivity index (χ2n) is 6.02. The Hall–Kier alpha value is -2.04. The number of fused-ring (bicyclic) bond motifs is 1. The maximum absolute atomic E-state index is 12.8. The molecular weight excluding hydrogens is 268 g/mol. The first kappa shape index (κ1) is 13.9. The van der Waals surface area contributed by atoms with Gasteiger partial charge >= 0.3 is 5.97 Å². The second-order valence-corrected chi connectivity index (χ2v) is 6.02. The van der Waals surface area contributed by atoms with Crippen molar-refractivity contribution in [3.63, 3.8) is 0 Å². The Morgan fingerprint density at radius 3 is 2.76 bits per heavy atom. The number of hydrogen-bond donors (Lipinski definition) is 2. The molecule has 1 saturated heterocycles. The maximum atomic E-state index is 12.8. The Morgan fingerprint density at radius 1 is 1.29 bits per heavy atom. The average Bonchev–Trinajstić information content (AvgIpc) is 2.88. The number of carboxylic acid groups (broad SMARTS) is 1. The van der Waals surface area contributed by atoms with Gasteiger partial charge in [-0.25, -0.2) is 0 Å². The molecule has 0 radical (unpaired) electrons. The summed E-state index contributed by atoms with van der Waals surface area (Å²) in [6, 6.07) is 7.87. The van der Waals surface area contributed by atoms with Crippen LogP contribution in [0.5, 0.6) is 0 Å². The zero-order valence-corrected chi connectivity index (χ0v) is 12.1. The van der Waals surface area contributed by atoms with Gasteiger partial charge in [0.2, 0.25) is 5.91 Å². The highest BCUT2D eigenvalue weighted by Crippen LogP contribution is 2.34. The number of carbonyl (C=O) groups is 2. The van der Waals surface area contributed by atoms with Crippen molar-refractivity contribution in [3.05, 3.63) is 29.8 Å². The lowest BCUT2D eigenvalue weighted by Gasteiger charge is -2.29. The van der Waals surface area contributed by atoms with Crippen LogP contribution in [0.2, 0.25) is 0 Å². The molecule has 2 N–H and O–H groups in total. The van der Waals surface area contributed by atoms with Crippen molar-refractivity contribution < 1.29 is 14.7 Å². The van der Waals surface area contributed by atoms with Crippen LogP contribution < -0.4 is 5.32 Å². The first-order valence-corrected chi connectivity index (χ1v) is 7.42. The number of carboxylic acids is 1. The number of hydrogen-bond acceptors (Lipinski definition) is 3. The number of aliphatic carboxylic acids is 1. The third-order valence-corrected chi connectivity index (χ3v) is 4.62. The standard InChI is InChI=1S/C16H20N2O3/c1-10-8-18(9-13(10)16(20)21)15(19)12-6-7-17-14-5-3-2-4-11(12)14/h2-5,10,12-13,17H,6-9H2,1H3,(H,20,21)/t10-,12?,13-/m1/s1. The molecule has 21 heavy (non-hydrogen) atoms. The average molecular weight is 288 g/mol. The van der Waals surface area contributed by atoms with Crippen LogP contribution in [0.3, 0.4) is 0 Å². The van der Waals surface area contributed by atoms with Crippen LogP contribution in [0.1, 0.15) is 24.8 Å². The smallest absolute Gasteiger partial charge is 0.308 e. The van der Waals surface area contributed by atoms with Crippen LogP contribution in [0, 0.1) is 11.8 Å². The van der Waals surface area contributed by atoms with Crippen molar-refractivity contribution in [1.29, 1.82) is 0 Å². The third kappa shape index (κ3) is 2.48. The van der Waals surface area contributed by atoms with Crippen LogP contribution in [-0.4, -0.2) is 41.5 Å². The molecule has 2 aliphatic rings. The summed E-state index contributed by atoms with van der Waals surface area (Å²) < 4.78 is 0. The van der Waals surface area contributed by atoms with E-state index in [4.69, 9.17) is 0 Å². The minimum atomic E-state index is -0.802. The van der Waals surface area contributed by atoms with Gasteiger partial charge in [0.05, 0.1) is 11.8 Å². The van der Waals surface area contributed by atoms with E-state index in [1.165, 1.54) is 0 Å². The lowest BCUT2D eigenvalue weighted by atomic mass is 9.90. The molecule has 5 nitrogen and oxygen atoms in total. The van der Waals surface area contributed by atoms with Gasteiger partial charge in [0.15, 0.2) is 0 Å². The first-order chi connectivity index (χ1) is 10.1. The number of anilines is 1. The quantitative estimate of drug-likeness (QED) is 0.870. The summed E-state index contributed by atoms with van der Waals surface area (Å²) in [5.74, 6) is -1.31. The normalized spacial score (nSPS) is 27.9. The maximum Gasteiger partial charge on any atom is 0.308 e. The van der Waals surface area contributed by atoms with E-state index in [0.717, 1.165) is 24.2 Å². The summed E-state index contributed by atoms with van der Waals surface area (Å²) in [5.41, 5.74) is 2.05. The molecule has 1 unspecified atom stereocenters. The highest BCUT2D eigenvalue weighted by molar-refractivity contribution is 5.87. The monoisotopic (exact) mass is 288 g/mol. The fraction of sp³-hybridized carbons (Fsp3) is 0.500. The molecule has 1 fully saturated rings. The van der Waals surface area contributed by atoms with E-state index in [2.05, 4.69) is 5.32 Å². The van der Waals surface area contributed by atoms with Gasteiger partial charge in [0.25, 0.3) is 0 Å². The van der Waals surface area contributed by atoms with Crippen molar-refractivity contribution in [2.24, 2.45) is 11.8 Å². The summed E-state index contributed by atoms with van der Waals surface area (Å²) in [7, 11) is 0. The van der Waals surface area contributed by atoms with Crippen LogP contribution >= 0.6 is 0 Å². The van der Waals surface area contributed by atoms with Crippen LogP contribution in [0.25, 0.3) is 0 Å². The van der Waals surface area contributed by atoms with E-state index in [9.17, 15) is 14.7 Å². The van der Waals surface area contributed by atoms with Crippen LogP contribution in [0.15, 0.2) is 24.3 Å². The van der Waals surface area contributed by atoms with Crippen molar-refractivity contribution in [1.82, 2.24) is 4.90 Å². The lowest BCUT2D eigenvalue weighted by molar-refractivity contribution is -0.142. The van der Waals surface area contributed by atoms with E-state index in [1.54, 1.807) is 4.90 Å². The minimum Gasteiger partial charge on any atom is -0.481 e. The molecule has 1 aromatic rings. The number of nitrogens with one attached hydrogen (secondary N) is 1. The summed E-state index contributed by atoms with van der Waals surface area (Å²) >= 11 is 0. The first-order valence-electron chi connectivity index (χ1n) is 7.42. The number of benzene rings is 1. The molecule has 1 amide bonds. The van der Waals surface area contributed by atoms with Crippen molar-refractivity contribution in [2.45, 2.75) is 19.3 Å². The van der Waals surface area contributed by atoms with Gasteiger partial charge in [-0.15, -0.1) is 0 Å². The van der Waals surface area contributed by atoms with E-state index in [0.29, 0.717) is 13.1 Å². The summed E-state index contributed by atoms with van der Waals surface area (Å²) in [6.07, 6.45) is 0.762. The van der Waals surface area contributed by atoms with E-state index in [1.807, 2.05) is 31.2 Å². The molecular formula is C16H20N2O3. The molecule has 2 heterocycles. The third-order valence-electron chi connectivity index (χ3n) is 4.62. The molecule has 0 aliphatic carbocycles. The predicted octanol–water partition coefficient (Wildman–Crippen LogP) is 1.76. The van der Waals surface area contributed by atoms with Crippen molar-refractivity contribution >= 4 is 17.6 Å². The lowest BCUT2D eigenvalue weighted by Crippen LogP contribution is -2.36. The van der Waals surface area contributed by atoms with Crippen LogP contribution in [0.4, 0.5) is 5.69 Å². The number of amides is 1. The molecule has 0 bridgehead atoms. The molecule has 0 aromatic heterocycles. The zero-order valence-electron chi connectivity index (χ0n) is 12.1. The Labute approximate surface area is 123 Å². The molecule has 5 heteroatoms. The van der Waals surface area contributed by atoms with Crippen LogP contribution in [-0.2, 0) is 9.59 Å². The molecule has 112 valence electrons. The number of rotatable bonds is 2. The molecule has 3 atom stereocenters. The Balaban J connectivity index is 1.80. The second kappa shape index (κ2) is 5.39. The highest BCUT2D eigenvalue weighted by atomic mass is 16.4. The Morgan fingerprint density at radius 2 is 2.05 bits per heavy atom. The zero-order chi connectivity index (χ0) is 15.0. The fourth-order valence-electron chi connectivity index (χ4n) is 3.41. The number of carbonyl (C=O) groups excluding carboxylic acids is 1. The summed E-state index contributed by atoms with van der Waals surface area (Å²) in [5, 5.41) is 12.5. The molecule has 2 aliphatic heterocycles. The minimum absolute atomic E-state index is 0.0170. The number of nitrogens with zero attached hydrogens (tertiary/aromatic N) is 1. The SMILES string of the molecule is C[C@@H]1CN(C(=O)C2CCNc3ccccc32)C[C@H]1C(=O)O. The van der Waals surface area contributed by atoms with Gasteiger partial charge in [-0.1, -0.05) is 25.1 Å². The van der Waals surface area contributed by atoms with Crippen molar-refractivity contribution in [3.8, 4) is 0 Å². The largest absolute Gasteiger partial charge is 0.481 e.